The molecule has 0 unspecified atom stereocenters. The van der Waals surface area contributed by atoms with Gasteiger partial charge in [-0.05, 0) is 48.2 Å². The van der Waals surface area contributed by atoms with Crippen molar-refractivity contribution in [2.75, 3.05) is 13.7 Å². The molecule has 1 aromatic heterocycles. The summed E-state index contributed by atoms with van der Waals surface area (Å²) >= 11 is 0. The Bertz CT molecular complexity index is 920. The van der Waals surface area contributed by atoms with E-state index in [1.54, 1.807) is 12.1 Å². The van der Waals surface area contributed by atoms with Crippen LogP contribution in [0.3, 0.4) is 0 Å². The average Bonchev–Trinajstić information content (AvgIpc) is 3.48. The molecule has 0 saturated carbocycles. The quantitative estimate of drug-likeness (QED) is 0.283. The van der Waals surface area contributed by atoms with Crippen LogP contribution < -0.4 is 10.6 Å². The molecule has 1 amide bonds. The van der Waals surface area contributed by atoms with Crippen molar-refractivity contribution in [2.45, 2.75) is 39.7 Å². The minimum absolute atomic E-state index is 0.136. The van der Waals surface area contributed by atoms with E-state index < -0.39 is 0 Å². The largest absolute Gasteiger partial charge is 0.469 e. The first-order valence-electron chi connectivity index (χ1n) is 11.6. The molecule has 34 heavy (non-hydrogen) atoms. The molecule has 3 N–H and O–H groups in total. The molecule has 0 aliphatic heterocycles. The summed E-state index contributed by atoms with van der Waals surface area (Å²) in [7, 11) is 1.40. The second-order valence-electron chi connectivity index (χ2n) is 7.13. The highest BCUT2D eigenvalue weighted by Gasteiger charge is 2.05. The predicted molar refractivity (Wildman–Crippen MR) is 138 cm³/mol. The van der Waals surface area contributed by atoms with E-state index in [9.17, 15) is 9.59 Å². The molecular formula is C28H37N3O3. The Morgan fingerprint density at radius 3 is 2.06 bits per heavy atom. The Hall–Kier alpha value is -3.64. The van der Waals surface area contributed by atoms with E-state index in [1.807, 2.05) is 80.8 Å². The lowest BCUT2D eigenvalue weighted by atomic mass is 10.1. The number of rotatable bonds is 10. The zero-order valence-electron chi connectivity index (χ0n) is 20.5. The van der Waals surface area contributed by atoms with Crippen molar-refractivity contribution in [2.24, 2.45) is 0 Å². The summed E-state index contributed by atoms with van der Waals surface area (Å²) in [5.41, 5.74) is 3.59. The lowest BCUT2D eigenvalue weighted by molar-refractivity contribution is -0.140. The highest BCUT2D eigenvalue weighted by atomic mass is 16.5. The molecule has 1 heterocycles. The molecule has 2 aromatic carbocycles. The van der Waals surface area contributed by atoms with Gasteiger partial charge >= 0.3 is 5.97 Å². The zero-order valence-corrected chi connectivity index (χ0v) is 20.5. The van der Waals surface area contributed by atoms with Gasteiger partial charge in [-0.1, -0.05) is 62.9 Å². The summed E-state index contributed by atoms with van der Waals surface area (Å²) < 4.78 is 4.65. The number of nitrogens with one attached hydrogen (secondary N) is 3. The summed E-state index contributed by atoms with van der Waals surface area (Å²) in [6.45, 7) is 9.36. The zero-order chi connectivity index (χ0) is 25.0. The Morgan fingerprint density at radius 2 is 1.50 bits per heavy atom. The number of hydrogen-bond acceptors (Lipinski definition) is 4. The maximum Gasteiger partial charge on any atom is 0.305 e. The van der Waals surface area contributed by atoms with Crippen LogP contribution in [0.25, 0.3) is 0 Å². The molecular weight excluding hydrogens is 426 g/mol. The summed E-state index contributed by atoms with van der Waals surface area (Å²) in [6, 6.07) is 21.1. The van der Waals surface area contributed by atoms with Crippen LogP contribution in [0.2, 0.25) is 0 Å². The fourth-order valence-electron chi connectivity index (χ4n) is 2.81. The van der Waals surface area contributed by atoms with Gasteiger partial charge in [0, 0.05) is 43.2 Å². The van der Waals surface area contributed by atoms with E-state index in [-0.39, 0.29) is 11.9 Å². The van der Waals surface area contributed by atoms with Crippen LogP contribution in [0.1, 0.15) is 48.2 Å². The first-order valence-corrected chi connectivity index (χ1v) is 11.6. The van der Waals surface area contributed by atoms with E-state index in [0.29, 0.717) is 30.5 Å². The van der Waals surface area contributed by atoms with Crippen molar-refractivity contribution in [3.63, 3.8) is 0 Å². The molecule has 182 valence electrons. The number of aromatic amines is 1. The molecule has 0 spiro atoms. The summed E-state index contributed by atoms with van der Waals surface area (Å²) in [5.74, 6) is -0.330. The van der Waals surface area contributed by atoms with Gasteiger partial charge in [-0.15, -0.1) is 0 Å². The molecule has 0 saturated heterocycles. The third-order valence-electron chi connectivity index (χ3n) is 4.62. The van der Waals surface area contributed by atoms with Crippen LogP contribution in [0, 0.1) is 0 Å². The fraction of sp³-hybridized carbons (Fsp3) is 0.286. The van der Waals surface area contributed by atoms with E-state index in [0.717, 1.165) is 24.2 Å². The van der Waals surface area contributed by atoms with Gasteiger partial charge in [0.1, 0.15) is 0 Å². The average molecular weight is 464 g/mol. The molecule has 0 radical (unpaired) electrons. The van der Waals surface area contributed by atoms with E-state index in [4.69, 9.17) is 0 Å². The number of ether oxygens (including phenoxy) is 1. The van der Waals surface area contributed by atoms with Crippen LogP contribution in [0.5, 0.6) is 0 Å². The SMILES string of the molecule is C=C(CCNCc1ccc(CCC(=O)OC)cc1)NC(=O)c1ccccc1.CC.c1cc[nH]c1. The van der Waals surface area contributed by atoms with Crippen molar-refractivity contribution in [1.82, 2.24) is 15.6 Å². The number of hydrogen-bond donors (Lipinski definition) is 3. The summed E-state index contributed by atoms with van der Waals surface area (Å²) in [5, 5.41) is 6.16. The van der Waals surface area contributed by atoms with Crippen molar-refractivity contribution in [3.8, 4) is 0 Å². The fourth-order valence-corrected chi connectivity index (χ4v) is 2.81. The summed E-state index contributed by atoms with van der Waals surface area (Å²) in [6.07, 6.45) is 5.49. The van der Waals surface area contributed by atoms with Gasteiger partial charge in [-0.2, -0.15) is 0 Å². The van der Waals surface area contributed by atoms with Crippen molar-refractivity contribution in [1.29, 1.82) is 0 Å². The molecule has 0 fully saturated rings. The second kappa shape index (κ2) is 17.9. The molecule has 6 nitrogen and oxygen atoms in total. The van der Waals surface area contributed by atoms with Crippen molar-refractivity contribution in [3.05, 3.63) is 108 Å². The smallest absolute Gasteiger partial charge is 0.305 e. The molecule has 0 atom stereocenters. The van der Waals surface area contributed by atoms with E-state index >= 15 is 0 Å². The van der Waals surface area contributed by atoms with Crippen LogP contribution >= 0.6 is 0 Å². The number of amides is 1. The second-order valence-corrected chi connectivity index (χ2v) is 7.13. The number of carbonyl (C=O) groups is 2. The molecule has 0 bridgehead atoms. The molecule has 3 aromatic rings. The minimum atomic E-state index is -0.194. The standard InChI is InChI=1S/C22H26N2O3.C4H5N.C2H6/c1-17(24-22(26)20-6-4-3-5-7-20)14-15-23-16-19-10-8-18(9-11-19)12-13-21(25)27-2;1-2-4-5-3-1;1-2/h3-11,23H,1,12-16H2,2H3,(H,24,26);1-5H;1-2H3. The Labute approximate surface area is 203 Å². The number of H-pyrrole nitrogens is 1. The highest BCUT2D eigenvalue weighted by molar-refractivity contribution is 5.95. The normalized spacial score (nSPS) is 9.50. The first kappa shape index (κ1) is 28.4. The minimum Gasteiger partial charge on any atom is -0.469 e. The maximum absolute atomic E-state index is 12.0. The van der Waals surface area contributed by atoms with Crippen LogP contribution in [-0.2, 0) is 22.5 Å². The Morgan fingerprint density at radius 1 is 0.882 bits per heavy atom. The first-order chi connectivity index (χ1) is 16.6. The number of aryl methyl sites for hydroxylation is 1. The van der Waals surface area contributed by atoms with Gasteiger partial charge < -0.3 is 20.4 Å². The van der Waals surface area contributed by atoms with Gasteiger partial charge in [-0.25, -0.2) is 0 Å². The topological polar surface area (TPSA) is 83.2 Å². The van der Waals surface area contributed by atoms with Crippen LogP contribution in [-0.4, -0.2) is 30.5 Å². The third-order valence-corrected chi connectivity index (χ3v) is 4.62. The predicted octanol–water partition coefficient (Wildman–Crippen LogP) is 5.26. The highest BCUT2D eigenvalue weighted by Crippen LogP contribution is 2.07. The number of esters is 1. The molecule has 0 aliphatic rings. The van der Waals surface area contributed by atoms with Gasteiger partial charge in [0.05, 0.1) is 7.11 Å². The monoisotopic (exact) mass is 463 g/mol. The number of aromatic nitrogens is 1. The molecule has 0 aliphatic carbocycles. The molecule has 6 heteroatoms. The maximum atomic E-state index is 12.0. The lowest BCUT2D eigenvalue weighted by Gasteiger charge is -2.10. The lowest BCUT2D eigenvalue weighted by Crippen LogP contribution is -2.25. The number of benzene rings is 2. The van der Waals surface area contributed by atoms with E-state index in [2.05, 4.69) is 26.9 Å². The van der Waals surface area contributed by atoms with Crippen molar-refractivity contribution >= 4 is 11.9 Å². The van der Waals surface area contributed by atoms with Crippen LogP contribution in [0.4, 0.5) is 0 Å². The van der Waals surface area contributed by atoms with Crippen molar-refractivity contribution < 1.29 is 14.3 Å². The summed E-state index contributed by atoms with van der Waals surface area (Å²) in [4.78, 5) is 26.1. The third kappa shape index (κ3) is 12.4. The van der Waals surface area contributed by atoms with Gasteiger partial charge in [0.15, 0.2) is 0 Å². The Balaban J connectivity index is 0.000000715. The van der Waals surface area contributed by atoms with Gasteiger partial charge in [-0.3, -0.25) is 9.59 Å². The van der Waals surface area contributed by atoms with Gasteiger partial charge in [0.2, 0.25) is 0 Å². The number of methoxy groups -OCH3 is 1. The van der Waals surface area contributed by atoms with E-state index in [1.165, 1.54) is 7.11 Å². The van der Waals surface area contributed by atoms with Crippen LogP contribution in [0.15, 0.2) is 91.4 Å². The number of carbonyl (C=O) groups excluding carboxylic acids is 2. The van der Waals surface area contributed by atoms with Gasteiger partial charge in [0.25, 0.3) is 5.91 Å². The Kier molecular flexibility index (Phi) is 14.9. The molecule has 3 rings (SSSR count).